The second-order valence-corrected chi connectivity index (χ2v) is 5.83. The van der Waals surface area contributed by atoms with Crippen LogP contribution in [-0.4, -0.2) is 20.0 Å². The van der Waals surface area contributed by atoms with Crippen molar-refractivity contribution in [1.82, 2.24) is 5.32 Å². The third-order valence-corrected chi connectivity index (χ3v) is 4.63. The molecular weight excluding hydrogens is 250 g/mol. The van der Waals surface area contributed by atoms with Gasteiger partial charge >= 0.3 is 0 Å². The lowest BCUT2D eigenvalue weighted by molar-refractivity contribution is -0.118. The number of benzene rings is 1. The number of fused-ring (bicyclic) bond motifs is 1. The lowest BCUT2D eigenvalue weighted by Crippen LogP contribution is -2.31. The zero-order valence-corrected chi connectivity index (χ0v) is 11.9. The normalized spacial score (nSPS) is 21.1. The first-order chi connectivity index (χ1) is 9.61. The van der Waals surface area contributed by atoms with E-state index in [4.69, 9.17) is 0 Å². The summed E-state index contributed by atoms with van der Waals surface area (Å²) in [5.41, 5.74) is 3.13. The van der Waals surface area contributed by atoms with Crippen molar-refractivity contribution in [2.75, 3.05) is 19.0 Å². The summed E-state index contributed by atoms with van der Waals surface area (Å²) in [6, 6.07) is 8.78. The average Bonchev–Trinajstić information content (AvgIpc) is 3.25. The molecule has 1 saturated carbocycles. The van der Waals surface area contributed by atoms with Crippen LogP contribution in [0.4, 0.5) is 5.69 Å². The maximum atomic E-state index is 11.7. The summed E-state index contributed by atoms with van der Waals surface area (Å²) in [5, 5.41) is 12.7. The van der Waals surface area contributed by atoms with Crippen LogP contribution in [0.3, 0.4) is 0 Å². The average molecular weight is 269 g/mol. The highest BCUT2D eigenvalue weighted by Gasteiger charge is 2.50. The van der Waals surface area contributed by atoms with Gasteiger partial charge in [0, 0.05) is 19.2 Å². The predicted octanol–water partition coefficient (Wildman–Crippen LogP) is 2.16. The van der Waals surface area contributed by atoms with Gasteiger partial charge in [0.25, 0.3) is 0 Å². The van der Waals surface area contributed by atoms with Gasteiger partial charge in [0.2, 0.25) is 5.91 Å². The first-order valence-corrected chi connectivity index (χ1v) is 7.09. The molecule has 2 aliphatic rings. The third kappa shape index (κ3) is 1.90. The lowest BCUT2D eigenvalue weighted by atomic mass is 9.88. The zero-order chi connectivity index (χ0) is 14.3. The van der Waals surface area contributed by atoms with Crippen molar-refractivity contribution in [2.45, 2.75) is 31.7 Å². The van der Waals surface area contributed by atoms with Crippen LogP contribution in [0, 0.1) is 16.7 Å². The molecule has 1 heterocycles. The highest BCUT2D eigenvalue weighted by molar-refractivity contribution is 5.95. The predicted molar refractivity (Wildman–Crippen MR) is 77.3 cm³/mol. The van der Waals surface area contributed by atoms with Crippen LogP contribution >= 0.6 is 0 Å². The first-order valence-electron chi connectivity index (χ1n) is 7.09. The van der Waals surface area contributed by atoms with E-state index in [2.05, 4.69) is 17.5 Å². The van der Waals surface area contributed by atoms with E-state index >= 15 is 0 Å². The largest absolute Gasteiger partial charge is 0.315 e. The number of aryl methyl sites for hydroxylation is 1. The first kappa shape index (κ1) is 13.1. The van der Waals surface area contributed by atoms with Crippen LogP contribution < -0.4 is 10.2 Å². The van der Waals surface area contributed by atoms with Crippen molar-refractivity contribution in [3.8, 4) is 6.07 Å². The number of anilines is 1. The second kappa shape index (κ2) is 4.60. The van der Waals surface area contributed by atoms with Crippen molar-refractivity contribution in [2.24, 2.45) is 5.41 Å². The minimum absolute atomic E-state index is 0.0840. The summed E-state index contributed by atoms with van der Waals surface area (Å²) in [4.78, 5) is 13.4. The molecule has 1 atom stereocenters. The Kier molecular flexibility index (Phi) is 3.02. The molecule has 1 unspecified atom stereocenters. The Morgan fingerprint density at radius 2 is 2.15 bits per heavy atom. The maximum Gasteiger partial charge on any atom is 0.227 e. The van der Waals surface area contributed by atoms with E-state index in [1.54, 1.807) is 4.90 Å². The van der Waals surface area contributed by atoms with Crippen molar-refractivity contribution in [3.05, 3.63) is 29.3 Å². The topological polar surface area (TPSA) is 56.1 Å². The number of nitrogens with one attached hydrogen (secondary N) is 1. The molecule has 0 radical (unpaired) electrons. The molecule has 0 spiro atoms. The summed E-state index contributed by atoms with van der Waals surface area (Å²) >= 11 is 0. The minimum atomic E-state index is -0.237. The van der Waals surface area contributed by atoms with Crippen LogP contribution in [0.25, 0.3) is 0 Å². The Hall–Kier alpha value is -1.86. The van der Waals surface area contributed by atoms with Gasteiger partial charge in [0.15, 0.2) is 0 Å². The van der Waals surface area contributed by atoms with E-state index in [0.717, 1.165) is 30.5 Å². The Morgan fingerprint density at radius 3 is 2.75 bits per heavy atom. The molecular formula is C16H19N3O. The van der Waals surface area contributed by atoms with Crippen LogP contribution in [0.15, 0.2) is 18.2 Å². The van der Waals surface area contributed by atoms with Gasteiger partial charge in [-0.1, -0.05) is 12.1 Å². The van der Waals surface area contributed by atoms with Crippen LogP contribution in [0.2, 0.25) is 0 Å². The van der Waals surface area contributed by atoms with Crippen LogP contribution in [0.1, 0.15) is 36.4 Å². The van der Waals surface area contributed by atoms with E-state index < -0.39 is 0 Å². The maximum absolute atomic E-state index is 11.7. The molecule has 1 fully saturated rings. The van der Waals surface area contributed by atoms with Crippen LogP contribution in [0.5, 0.6) is 0 Å². The third-order valence-electron chi connectivity index (χ3n) is 4.63. The molecule has 4 heteroatoms. The van der Waals surface area contributed by atoms with Gasteiger partial charge in [-0.2, -0.15) is 5.26 Å². The molecule has 0 bridgehead atoms. The van der Waals surface area contributed by atoms with Crippen molar-refractivity contribution in [3.63, 3.8) is 0 Å². The van der Waals surface area contributed by atoms with E-state index in [1.165, 1.54) is 5.56 Å². The van der Waals surface area contributed by atoms with Crippen molar-refractivity contribution >= 4 is 11.6 Å². The number of rotatable bonds is 3. The highest BCUT2D eigenvalue weighted by Crippen LogP contribution is 2.54. The fourth-order valence-corrected chi connectivity index (χ4v) is 3.22. The van der Waals surface area contributed by atoms with Gasteiger partial charge in [-0.3, -0.25) is 4.79 Å². The Morgan fingerprint density at radius 1 is 1.40 bits per heavy atom. The van der Waals surface area contributed by atoms with E-state index in [-0.39, 0.29) is 17.4 Å². The monoisotopic (exact) mass is 269 g/mol. The van der Waals surface area contributed by atoms with E-state index in [1.807, 2.05) is 26.2 Å². The van der Waals surface area contributed by atoms with Crippen LogP contribution in [-0.2, 0) is 11.2 Å². The van der Waals surface area contributed by atoms with Gasteiger partial charge in [0.05, 0.1) is 17.5 Å². The molecule has 1 aliphatic carbocycles. The number of nitriles is 1. The molecule has 4 nitrogen and oxygen atoms in total. The molecule has 1 N–H and O–H groups in total. The standard InChI is InChI=1S/C16H19N3O/c1-18-15(16(10-17)7-8-16)12-3-5-13-11(9-12)4-6-14(20)19(13)2/h3,5,9,15,18H,4,6-8H2,1-2H3. The fourth-order valence-electron chi connectivity index (χ4n) is 3.22. The van der Waals surface area contributed by atoms with Gasteiger partial charge in [-0.25, -0.2) is 0 Å². The van der Waals surface area contributed by atoms with Gasteiger partial charge < -0.3 is 10.2 Å². The van der Waals surface area contributed by atoms with E-state index in [9.17, 15) is 10.1 Å². The fraction of sp³-hybridized carbons (Fsp3) is 0.500. The SMILES string of the molecule is CNC(c1ccc2c(c1)CCC(=O)N2C)C1(C#N)CC1. The van der Waals surface area contributed by atoms with Gasteiger partial charge in [0.1, 0.15) is 0 Å². The summed E-state index contributed by atoms with van der Waals surface area (Å²) in [7, 11) is 3.74. The Balaban J connectivity index is 1.97. The number of carbonyl (C=O) groups excluding carboxylic acids is 1. The number of nitrogens with zero attached hydrogens (tertiary/aromatic N) is 2. The number of hydrogen-bond donors (Lipinski definition) is 1. The summed E-state index contributed by atoms with van der Waals surface area (Å²) in [6.07, 6.45) is 3.29. The smallest absolute Gasteiger partial charge is 0.227 e. The number of carbonyl (C=O) groups is 1. The molecule has 0 aromatic heterocycles. The molecule has 1 aromatic rings. The summed E-state index contributed by atoms with van der Waals surface area (Å²) in [5.74, 6) is 0.172. The lowest BCUT2D eigenvalue weighted by Gasteiger charge is -2.28. The summed E-state index contributed by atoms with van der Waals surface area (Å²) in [6.45, 7) is 0. The molecule has 0 saturated heterocycles. The number of hydrogen-bond acceptors (Lipinski definition) is 3. The molecule has 1 aliphatic heterocycles. The molecule has 104 valence electrons. The quantitative estimate of drug-likeness (QED) is 0.915. The molecule has 1 aromatic carbocycles. The zero-order valence-electron chi connectivity index (χ0n) is 11.9. The van der Waals surface area contributed by atoms with Gasteiger partial charge in [-0.05, 0) is 43.5 Å². The highest BCUT2D eigenvalue weighted by atomic mass is 16.2. The van der Waals surface area contributed by atoms with Gasteiger partial charge in [-0.15, -0.1) is 0 Å². The minimum Gasteiger partial charge on any atom is -0.315 e. The van der Waals surface area contributed by atoms with E-state index in [0.29, 0.717) is 6.42 Å². The molecule has 1 amide bonds. The molecule has 20 heavy (non-hydrogen) atoms. The van der Waals surface area contributed by atoms with Crippen molar-refractivity contribution in [1.29, 1.82) is 5.26 Å². The summed E-state index contributed by atoms with van der Waals surface area (Å²) < 4.78 is 0. The Labute approximate surface area is 119 Å². The second-order valence-electron chi connectivity index (χ2n) is 5.83. The Bertz CT molecular complexity index is 598. The molecule has 3 rings (SSSR count). The number of amides is 1. The van der Waals surface area contributed by atoms with Crippen molar-refractivity contribution < 1.29 is 4.79 Å².